The van der Waals surface area contributed by atoms with Gasteiger partial charge in [-0.1, -0.05) is 29.8 Å². The van der Waals surface area contributed by atoms with E-state index in [-0.39, 0.29) is 11.9 Å². The minimum atomic E-state index is -0.141. The summed E-state index contributed by atoms with van der Waals surface area (Å²) >= 11 is 5.88. The standard InChI is InChI=1S/C21H26ClN3O2/c1-17(21(26)23-19-5-3-2-4-6-19)25-13-11-24(12-14-25)15-16-27-20-9-7-18(22)8-10-20/h2-10,17H,11-16H2,1H3,(H,23,26). The zero-order valence-electron chi connectivity index (χ0n) is 15.6. The fourth-order valence-corrected chi connectivity index (χ4v) is 3.26. The van der Waals surface area contributed by atoms with Crippen LogP contribution in [-0.4, -0.2) is 61.1 Å². The number of hydrogen-bond acceptors (Lipinski definition) is 4. The smallest absolute Gasteiger partial charge is 0.241 e. The van der Waals surface area contributed by atoms with Gasteiger partial charge in [-0.2, -0.15) is 0 Å². The number of benzene rings is 2. The molecule has 1 aliphatic rings. The van der Waals surface area contributed by atoms with E-state index in [4.69, 9.17) is 16.3 Å². The molecule has 0 aromatic heterocycles. The van der Waals surface area contributed by atoms with Crippen LogP contribution in [0.2, 0.25) is 5.02 Å². The van der Waals surface area contributed by atoms with Crippen molar-refractivity contribution in [2.45, 2.75) is 13.0 Å². The zero-order chi connectivity index (χ0) is 19.1. The summed E-state index contributed by atoms with van der Waals surface area (Å²) < 4.78 is 5.76. The molecule has 1 atom stereocenters. The third-order valence-electron chi connectivity index (χ3n) is 4.87. The molecule has 1 unspecified atom stereocenters. The van der Waals surface area contributed by atoms with Crippen LogP contribution >= 0.6 is 11.6 Å². The Morgan fingerprint density at radius 2 is 1.74 bits per heavy atom. The van der Waals surface area contributed by atoms with E-state index >= 15 is 0 Å². The minimum absolute atomic E-state index is 0.0423. The Hall–Kier alpha value is -2.08. The van der Waals surface area contributed by atoms with E-state index in [9.17, 15) is 4.79 Å². The van der Waals surface area contributed by atoms with Crippen molar-refractivity contribution in [3.63, 3.8) is 0 Å². The fourth-order valence-electron chi connectivity index (χ4n) is 3.13. The average molecular weight is 388 g/mol. The predicted octanol–water partition coefficient (Wildman–Crippen LogP) is 3.36. The van der Waals surface area contributed by atoms with Crippen molar-refractivity contribution in [1.29, 1.82) is 0 Å². The monoisotopic (exact) mass is 387 g/mol. The molecule has 1 fully saturated rings. The summed E-state index contributed by atoms with van der Waals surface area (Å²) in [7, 11) is 0. The van der Waals surface area contributed by atoms with E-state index in [2.05, 4.69) is 15.1 Å². The molecule has 1 amide bonds. The molecule has 3 rings (SSSR count). The summed E-state index contributed by atoms with van der Waals surface area (Å²) in [5, 5.41) is 3.69. The molecule has 5 nitrogen and oxygen atoms in total. The van der Waals surface area contributed by atoms with Crippen molar-refractivity contribution >= 4 is 23.2 Å². The zero-order valence-corrected chi connectivity index (χ0v) is 16.4. The minimum Gasteiger partial charge on any atom is -0.492 e. The molecular formula is C21H26ClN3O2. The van der Waals surface area contributed by atoms with Gasteiger partial charge in [0.2, 0.25) is 5.91 Å². The SMILES string of the molecule is CC(C(=O)Nc1ccccc1)N1CCN(CCOc2ccc(Cl)cc2)CC1. The number of ether oxygens (including phenoxy) is 1. The van der Waals surface area contributed by atoms with E-state index < -0.39 is 0 Å². The number of carbonyl (C=O) groups is 1. The van der Waals surface area contributed by atoms with Crippen LogP contribution in [0.3, 0.4) is 0 Å². The highest BCUT2D eigenvalue weighted by atomic mass is 35.5. The van der Waals surface area contributed by atoms with Crippen LogP contribution in [0.1, 0.15) is 6.92 Å². The lowest BCUT2D eigenvalue weighted by Gasteiger charge is -2.37. The van der Waals surface area contributed by atoms with Crippen molar-refractivity contribution in [3.8, 4) is 5.75 Å². The lowest BCUT2D eigenvalue weighted by molar-refractivity contribution is -0.121. The van der Waals surface area contributed by atoms with Crippen LogP contribution in [0.15, 0.2) is 54.6 Å². The molecule has 1 heterocycles. The first-order valence-corrected chi connectivity index (χ1v) is 9.70. The number of hydrogen-bond donors (Lipinski definition) is 1. The highest BCUT2D eigenvalue weighted by Gasteiger charge is 2.25. The van der Waals surface area contributed by atoms with Gasteiger partial charge in [0.05, 0.1) is 6.04 Å². The average Bonchev–Trinajstić information content (AvgIpc) is 2.70. The second kappa shape index (κ2) is 9.74. The maximum atomic E-state index is 12.5. The molecule has 144 valence electrons. The number of nitrogens with one attached hydrogen (secondary N) is 1. The van der Waals surface area contributed by atoms with Gasteiger partial charge in [-0.25, -0.2) is 0 Å². The van der Waals surface area contributed by atoms with E-state index in [1.807, 2.05) is 61.5 Å². The predicted molar refractivity (Wildman–Crippen MR) is 109 cm³/mol. The third-order valence-corrected chi connectivity index (χ3v) is 5.12. The second-order valence-electron chi connectivity index (χ2n) is 6.71. The summed E-state index contributed by atoms with van der Waals surface area (Å²) in [4.78, 5) is 17.1. The highest BCUT2D eigenvalue weighted by Crippen LogP contribution is 2.16. The van der Waals surface area contributed by atoms with Gasteiger partial charge in [-0.05, 0) is 43.3 Å². The third kappa shape index (κ3) is 5.96. The molecule has 1 aliphatic heterocycles. The van der Waals surface area contributed by atoms with Gasteiger partial charge >= 0.3 is 0 Å². The van der Waals surface area contributed by atoms with E-state index in [0.29, 0.717) is 11.6 Å². The molecule has 0 bridgehead atoms. The Morgan fingerprint density at radius 1 is 1.07 bits per heavy atom. The summed E-state index contributed by atoms with van der Waals surface area (Å²) in [6.07, 6.45) is 0. The maximum Gasteiger partial charge on any atom is 0.241 e. The van der Waals surface area contributed by atoms with Gasteiger partial charge in [-0.15, -0.1) is 0 Å². The Morgan fingerprint density at radius 3 is 2.41 bits per heavy atom. The lowest BCUT2D eigenvalue weighted by atomic mass is 10.2. The van der Waals surface area contributed by atoms with Gasteiger partial charge in [0, 0.05) is 43.4 Å². The van der Waals surface area contributed by atoms with Crippen LogP contribution < -0.4 is 10.1 Å². The van der Waals surface area contributed by atoms with Gasteiger partial charge < -0.3 is 10.1 Å². The van der Waals surface area contributed by atoms with E-state index in [0.717, 1.165) is 44.2 Å². The Kier molecular flexibility index (Phi) is 7.10. The van der Waals surface area contributed by atoms with Gasteiger partial charge in [0.25, 0.3) is 0 Å². The second-order valence-corrected chi connectivity index (χ2v) is 7.15. The molecule has 6 heteroatoms. The first-order valence-electron chi connectivity index (χ1n) is 9.32. The molecular weight excluding hydrogens is 362 g/mol. The number of anilines is 1. The topological polar surface area (TPSA) is 44.8 Å². The molecule has 2 aromatic rings. The van der Waals surface area contributed by atoms with Crippen molar-refractivity contribution in [2.24, 2.45) is 0 Å². The van der Waals surface area contributed by atoms with E-state index in [1.54, 1.807) is 0 Å². The molecule has 27 heavy (non-hydrogen) atoms. The van der Waals surface area contributed by atoms with Crippen molar-refractivity contribution < 1.29 is 9.53 Å². The summed E-state index contributed by atoms with van der Waals surface area (Å²) in [5.41, 5.74) is 0.840. The normalized spacial score (nSPS) is 16.7. The number of para-hydroxylation sites is 1. The van der Waals surface area contributed by atoms with Crippen LogP contribution in [0.5, 0.6) is 5.75 Å². The summed E-state index contributed by atoms with van der Waals surface area (Å²) in [6, 6.07) is 16.9. The fraction of sp³-hybridized carbons (Fsp3) is 0.381. The number of carbonyl (C=O) groups excluding carboxylic acids is 1. The summed E-state index contributed by atoms with van der Waals surface area (Å²) in [6.45, 7) is 7.12. The Labute approximate surface area is 165 Å². The van der Waals surface area contributed by atoms with Crippen LogP contribution in [-0.2, 0) is 4.79 Å². The molecule has 1 saturated heterocycles. The quantitative estimate of drug-likeness (QED) is 0.791. The molecule has 0 aliphatic carbocycles. The first-order chi connectivity index (χ1) is 13.1. The number of piperazine rings is 1. The van der Waals surface area contributed by atoms with Crippen molar-refractivity contribution in [1.82, 2.24) is 9.80 Å². The Bertz CT molecular complexity index is 716. The van der Waals surface area contributed by atoms with Crippen LogP contribution in [0.4, 0.5) is 5.69 Å². The number of halogens is 1. The molecule has 0 spiro atoms. The number of rotatable bonds is 7. The van der Waals surface area contributed by atoms with Crippen LogP contribution in [0.25, 0.3) is 0 Å². The lowest BCUT2D eigenvalue weighted by Crippen LogP contribution is -2.53. The molecule has 2 aromatic carbocycles. The molecule has 0 radical (unpaired) electrons. The Balaban J connectivity index is 1.37. The van der Waals surface area contributed by atoms with Crippen LogP contribution in [0, 0.1) is 0 Å². The van der Waals surface area contributed by atoms with Gasteiger partial charge in [0.1, 0.15) is 12.4 Å². The molecule has 1 N–H and O–H groups in total. The maximum absolute atomic E-state index is 12.5. The van der Waals surface area contributed by atoms with E-state index in [1.165, 1.54) is 0 Å². The van der Waals surface area contributed by atoms with Gasteiger partial charge in [-0.3, -0.25) is 14.6 Å². The highest BCUT2D eigenvalue weighted by molar-refractivity contribution is 6.30. The first kappa shape index (κ1) is 19.7. The number of amides is 1. The number of nitrogens with zero attached hydrogens (tertiary/aromatic N) is 2. The van der Waals surface area contributed by atoms with Gasteiger partial charge in [0.15, 0.2) is 0 Å². The largest absolute Gasteiger partial charge is 0.492 e. The summed E-state index contributed by atoms with van der Waals surface area (Å²) in [5.74, 6) is 0.880. The van der Waals surface area contributed by atoms with Crippen molar-refractivity contribution in [3.05, 3.63) is 59.6 Å². The van der Waals surface area contributed by atoms with Crippen molar-refractivity contribution in [2.75, 3.05) is 44.6 Å². The molecule has 0 saturated carbocycles.